The minimum absolute atomic E-state index is 0.0729. The van der Waals surface area contributed by atoms with Crippen molar-refractivity contribution >= 4 is 11.0 Å². The van der Waals surface area contributed by atoms with Crippen molar-refractivity contribution in [1.29, 1.82) is 0 Å². The number of phenolic OH excluding ortho intramolecular Hbond substituents is 2. The average Bonchev–Trinajstić information content (AvgIpc) is 2.26. The van der Waals surface area contributed by atoms with Crippen LogP contribution in [0.4, 0.5) is 0 Å². The van der Waals surface area contributed by atoms with E-state index < -0.39 is 0 Å². The number of hydrogen-bond acceptors (Lipinski definition) is 4. The van der Waals surface area contributed by atoms with Gasteiger partial charge >= 0.3 is 0 Å². The van der Waals surface area contributed by atoms with Crippen LogP contribution >= 0.6 is 0 Å². The molecule has 1 heterocycles. The molecule has 0 aliphatic heterocycles. The van der Waals surface area contributed by atoms with Crippen LogP contribution in [0.5, 0.6) is 11.5 Å². The molecule has 0 radical (unpaired) electrons. The molecule has 1 aromatic carbocycles. The molecule has 0 atom stereocenters. The second-order valence-corrected chi connectivity index (χ2v) is 4.80. The van der Waals surface area contributed by atoms with Crippen LogP contribution in [0.1, 0.15) is 25.2 Å². The monoisotopic (exact) mass is 260 g/mol. The van der Waals surface area contributed by atoms with Crippen molar-refractivity contribution in [1.82, 2.24) is 0 Å². The number of allylic oxidation sites excluding steroid dienone is 2. The fourth-order valence-corrected chi connectivity index (χ4v) is 1.97. The molecule has 0 bridgehead atoms. The zero-order valence-electron chi connectivity index (χ0n) is 11.2. The second-order valence-electron chi connectivity index (χ2n) is 4.80. The molecule has 100 valence electrons. The van der Waals surface area contributed by atoms with E-state index in [2.05, 4.69) is 0 Å². The minimum Gasteiger partial charge on any atom is -0.507 e. The van der Waals surface area contributed by atoms with Crippen molar-refractivity contribution in [3.05, 3.63) is 45.3 Å². The summed E-state index contributed by atoms with van der Waals surface area (Å²) in [6.07, 6.45) is 2.37. The largest absolute Gasteiger partial charge is 0.507 e. The summed E-state index contributed by atoms with van der Waals surface area (Å²) in [5, 5.41) is 19.8. The molecule has 4 nitrogen and oxygen atoms in total. The Balaban J connectivity index is 2.82. The Labute approximate surface area is 110 Å². The van der Waals surface area contributed by atoms with Gasteiger partial charge in [-0.2, -0.15) is 0 Å². The molecule has 0 aliphatic carbocycles. The molecule has 4 heteroatoms. The molecule has 2 rings (SSSR count). The lowest BCUT2D eigenvalue weighted by atomic mass is 10.0. The Morgan fingerprint density at radius 2 is 1.95 bits per heavy atom. The zero-order valence-corrected chi connectivity index (χ0v) is 11.2. The first-order chi connectivity index (χ1) is 8.90. The molecular weight excluding hydrogens is 244 g/mol. The number of fused-ring (bicyclic) bond motifs is 1. The Morgan fingerprint density at radius 1 is 1.26 bits per heavy atom. The van der Waals surface area contributed by atoms with E-state index in [9.17, 15) is 15.0 Å². The van der Waals surface area contributed by atoms with Crippen LogP contribution < -0.4 is 5.43 Å². The maximum Gasteiger partial charge on any atom is 0.196 e. The van der Waals surface area contributed by atoms with Gasteiger partial charge in [0.1, 0.15) is 28.2 Å². The number of hydrogen-bond donors (Lipinski definition) is 2. The molecule has 1 aromatic heterocycles. The first kappa shape index (κ1) is 13.2. The fraction of sp³-hybridized carbons (Fsp3) is 0.267. The first-order valence-corrected chi connectivity index (χ1v) is 6.01. The molecule has 0 fully saturated rings. The smallest absolute Gasteiger partial charge is 0.196 e. The SMILES string of the molecule is CC(C)=CCc1c(O)cc(O)c2c(=O)cc(C)oc12. The number of benzene rings is 1. The van der Waals surface area contributed by atoms with Gasteiger partial charge in [-0.15, -0.1) is 0 Å². The molecule has 19 heavy (non-hydrogen) atoms. The fourth-order valence-electron chi connectivity index (χ4n) is 1.97. The quantitative estimate of drug-likeness (QED) is 0.814. The van der Waals surface area contributed by atoms with Gasteiger partial charge in [-0.3, -0.25) is 4.79 Å². The molecule has 2 aromatic rings. The van der Waals surface area contributed by atoms with Gasteiger partial charge in [0.2, 0.25) is 0 Å². The lowest BCUT2D eigenvalue weighted by molar-refractivity contribution is 0.446. The lowest BCUT2D eigenvalue weighted by Crippen LogP contribution is -2.02. The third-order valence-corrected chi connectivity index (χ3v) is 2.90. The van der Waals surface area contributed by atoms with Crippen LogP contribution in [0.15, 0.2) is 33.0 Å². The van der Waals surface area contributed by atoms with Crippen molar-refractivity contribution < 1.29 is 14.6 Å². The van der Waals surface area contributed by atoms with Crippen molar-refractivity contribution in [2.24, 2.45) is 0 Å². The van der Waals surface area contributed by atoms with E-state index in [0.717, 1.165) is 5.57 Å². The average molecular weight is 260 g/mol. The number of aryl methyl sites for hydroxylation is 1. The summed E-state index contributed by atoms with van der Waals surface area (Å²) in [7, 11) is 0. The van der Waals surface area contributed by atoms with Gasteiger partial charge in [-0.1, -0.05) is 11.6 Å². The van der Waals surface area contributed by atoms with Crippen molar-refractivity contribution in [3.8, 4) is 11.5 Å². The standard InChI is InChI=1S/C15H16O4/c1-8(2)4-5-10-11(16)7-13(18)14-12(17)6-9(3)19-15(10)14/h4,6-7,16,18H,5H2,1-3H3. The second kappa shape index (κ2) is 4.80. The summed E-state index contributed by atoms with van der Waals surface area (Å²) >= 11 is 0. The maximum atomic E-state index is 11.9. The molecule has 0 aliphatic rings. The van der Waals surface area contributed by atoms with Gasteiger partial charge < -0.3 is 14.6 Å². The van der Waals surface area contributed by atoms with E-state index in [-0.39, 0.29) is 27.9 Å². The highest BCUT2D eigenvalue weighted by atomic mass is 16.3. The molecule has 0 spiro atoms. The van der Waals surface area contributed by atoms with E-state index >= 15 is 0 Å². The number of rotatable bonds is 2. The summed E-state index contributed by atoms with van der Waals surface area (Å²) < 4.78 is 5.52. The minimum atomic E-state index is -0.310. The van der Waals surface area contributed by atoms with Crippen LogP contribution in [0.25, 0.3) is 11.0 Å². The Bertz CT molecular complexity index is 719. The first-order valence-electron chi connectivity index (χ1n) is 6.01. The highest BCUT2D eigenvalue weighted by Gasteiger charge is 2.16. The lowest BCUT2D eigenvalue weighted by Gasteiger charge is -2.08. The summed E-state index contributed by atoms with van der Waals surface area (Å²) in [5.74, 6) is 0.111. The molecular formula is C15H16O4. The summed E-state index contributed by atoms with van der Waals surface area (Å²) in [4.78, 5) is 11.9. The van der Waals surface area contributed by atoms with Gasteiger partial charge in [0.05, 0.1) is 0 Å². The molecule has 0 saturated carbocycles. The van der Waals surface area contributed by atoms with Gasteiger partial charge in [0.25, 0.3) is 0 Å². The van der Waals surface area contributed by atoms with Crippen molar-refractivity contribution in [3.63, 3.8) is 0 Å². The highest BCUT2D eigenvalue weighted by Crippen LogP contribution is 2.33. The molecule has 0 unspecified atom stereocenters. The zero-order chi connectivity index (χ0) is 14.2. The third kappa shape index (κ3) is 2.47. The molecule has 0 amide bonds. The van der Waals surface area contributed by atoms with E-state index in [1.807, 2.05) is 19.9 Å². The van der Waals surface area contributed by atoms with E-state index in [0.29, 0.717) is 17.7 Å². The number of aromatic hydroxyl groups is 2. The summed E-state index contributed by atoms with van der Waals surface area (Å²) in [5.41, 5.74) is 1.54. The molecule has 2 N–H and O–H groups in total. The summed E-state index contributed by atoms with van der Waals surface area (Å²) in [6, 6.07) is 2.51. The van der Waals surface area contributed by atoms with E-state index in [1.165, 1.54) is 12.1 Å². The van der Waals surface area contributed by atoms with Gasteiger partial charge in [0, 0.05) is 17.7 Å². The Morgan fingerprint density at radius 3 is 2.58 bits per heavy atom. The predicted molar refractivity (Wildman–Crippen MR) is 73.7 cm³/mol. The Kier molecular flexibility index (Phi) is 3.34. The topological polar surface area (TPSA) is 70.7 Å². The van der Waals surface area contributed by atoms with Gasteiger partial charge in [0.15, 0.2) is 5.43 Å². The van der Waals surface area contributed by atoms with E-state index in [4.69, 9.17) is 4.42 Å². The molecule has 0 saturated heterocycles. The predicted octanol–water partition coefficient (Wildman–Crippen LogP) is 3.02. The van der Waals surface area contributed by atoms with Crippen LogP contribution in [0.2, 0.25) is 0 Å². The van der Waals surface area contributed by atoms with Crippen molar-refractivity contribution in [2.75, 3.05) is 0 Å². The van der Waals surface area contributed by atoms with Crippen LogP contribution in [0.3, 0.4) is 0 Å². The van der Waals surface area contributed by atoms with Crippen LogP contribution in [-0.4, -0.2) is 10.2 Å². The van der Waals surface area contributed by atoms with Gasteiger partial charge in [-0.05, 0) is 27.2 Å². The van der Waals surface area contributed by atoms with E-state index in [1.54, 1.807) is 6.92 Å². The van der Waals surface area contributed by atoms with Crippen LogP contribution in [0, 0.1) is 6.92 Å². The maximum absolute atomic E-state index is 11.9. The van der Waals surface area contributed by atoms with Crippen LogP contribution in [-0.2, 0) is 6.42 Å². The summed E-state index contributed by atoms with van der Waals surface area (Å²) in [6.45, 7) is 5.55. The van der Waals surface area contributed by atoms with Gasteiger partial charge in [-0.25, -0.2) is 0 Å². The van der Waals surface area contributed by atoms with Crippen molar-refractivity contribution in [2.45, 2.75) is 27.2 Å². The number of phenols is 2. The normalized spacial score (nSPS) is 10.7. The highest BCUT2D eigenvalue weighted by molar-refractivity contribution is 5.88. The Hall–Kier alpha value is -2.23. The third-order valence-electron chi connectivity index (χ3n) is 2.90.